The highest BCUT2D eigenvalue weighted by atomic mass is 32.1. The zero-order valence-electron chi connectivity index (χ0n) is 23.7. The Morgan fingerprint density at radius 3 is 2.45 bits per heavy atom. The van der Waals surface area contributed by atoms with E-state index < -0.39 is 0 Å². The quantitative estimate of drug-likeness (QED) is 0.173. The SMILES string of the molecule is COc1ccc(-n2c(C)cc([C@H]3[C@@H](c4ccccn4)NC(=S)N3c3ccc(N4CCOCC4)cc3)c2C)c([N+](=O)[O-])c1. The number of ether oxygens (including phenoxy) is 2. The minimum Gasteiger partial charge on any atom is -0.496 e. The summed E-state index contributed by atoms with van der Waals surface area (Å²) >= 11 is 5.94. The molecule has 2 aromatic heterocycles. The van der Waals surface area contributed by atoms with Crippen LogP contribution in [0.1, 0.15) is 34.7 Å². The number of methoxy groups -OCH3 is 1. The second-order valence-corrected chi connectivity index (χ2v) is 10.8. The number of nitrogens with zero attached hydrogens (tertiary/aromatic N) is 5. The molecule has 10 nitrogen and oxygen atoms in total. The van der Waals surface area contributed by atoms with E-state index in [1.807, 2.05) is 36.6 Å². The Hall–Kier alpha value is -4.48. The molecule has 2 atom stereocenters. The van der Waals surface area contributed by atoms with Crippen molar-refractivity contribution in [3.05, 3.63) is 106 Å². The van der Waals surface area contributed by atoms with Crippen molar-refractivity contribution >= 4 is 34.4 Å². The van der Waals surface area contributed by atoms with E-state index in [-0.39, 0.29) is 22.7 Å². The monoisotopic (exact) mass is 584 g/mol. The van der Waals surface area contributed by atoms with Gasteiger partial charge in [0.25, 0.3) is 5.69 Å². The molecule has 4 heterocycles. The maximum atomic E-state index is 12.1. The van der Waals surface area contributed by atoms with E-state index in [0.717, 1.165) is 60.3 Å². The first-order chi connectivity index (χ1) is 20.4. The summed E-state index contributed by atoms with van der Waals surface area (Å²) in [7, 11) is 1.50. The first kappa shape index (κ1) is 27.7. The Labute approximate surface area is 249 Å². The first-order valence-corrected chi connectivity index (χ1v) is 14.2. The van der Waals surface area contributed by atoms with Crippen LogP contribution in [0.5, 0.6) is 5.75 Å². The molecule has 0 amide bonds. The lowest BCUT2D eigenvalue weighted by molar-refractivity contribution is -0.384. The van der Waals surface area contributed by atoms with Crippen molar-refractivity contribution in [2.24, 2.45) is 0 Å². The van der Waals surface area contributed by atoms with Crippen molar-refractivity contribution in [3.8, 4) is 11.4 Å². The van der Waals surface area contributed by atoms with Crippen LogP contribution >= 0.6 is 12.2 Å². The number of benzene rings is 2. The molecule has 2 fully saturated rings. The molecule has 2 aromatic carbocycles. The third kappa shape index (κ3) is 4.94. The van der Waals surface area contributed by atoms with Crippen LogP contribution in [0.25, 0.3) is 5.69 Å². The first-order valence-electron chi connectivity index (χ1n) is 13.8. The summed E-state index contributed by atoms with van der Waals surface area (Å²) in [5.74, 6) is 0.431. The molecule has 2 aliphatic rings. The summed E-state index contributed by atoms with van der Waals surface area (Å²) in [6.45, 7) is 7.11. The van der Waals surface area contributed by atoms with Gasteiger partial charge in [-0.05, 0) is 86.2 Å². The van der Waals surface area contributed by atoms with Gasteiger partial charge < -0.3 is 29.2 Å². The van der Waals surface area contributed by atoms with Gasteiger partial charge in [-0.2, -0.15) is 0 Å². The third-order valence-electron chi connectivity index (χ3n) is 8.01. The number of hydrogen-bond acceptors (Lipinski definition) is 7. The van der Waals surface area contributed by atoms with E-state index >= 15 is 0 Å². The van der Waals surface area contributed by atoms with Crippen LogP contribution in [0.3, 0.4) is 0 Å². The fraction of sp³-hybridized carbons (Fsp3) is 0.290. The summed E-state index contributed by atoms with van der Waals surface area (Å²) in [6, 6.07) is 20.8. The second-order valence-electron chi connectivity index (χ2n) is 10.4. The van der Waals surface area contributed by atoms with Crippen LogP contribution in [-0.2, 0) is 4.74 Å². The van der Waals surface area contributed by atoms with Crippen LogP contribution in [0.2, 0.25) is 0 Å². The fourth-order valence-corrected chi connectivity index (χ4v) is 6.36. The maximum absolute atomic E-state index is 12.1. The van der Waals surface area contributed by atoms with Crippen LogP contribution in [0, 0.1) is 24.0 Å². The molecule has 11 heteroatoms. The lowest BCUT2D eigenvalue weighted by Gasteiger charge is -2.31. The van der Waals surface area contributed by atoms with Crippen LogP contribution in [0.4, 0.5) is 17.1 Å². The second kappa shape index (κ2) is 11.4. The predicted octanol–water partition coefficient (Wildman–Crippen LogP) is 5.42. The largest absolute Gasteiger partial charge is 0.496 e. The Kier molecular flexibility index (Phi) is 7.53. The van der Waals surface area contributed by atoms with Gasteiger partial charge in [-0.3, -0.25) is 15.1 Å². The molecule has 42 heavy (non-hydrogen) atoms. The number of aromatic nitrogens is 2. The maximum Gasteiger partial charge on any atom is 0.296 e. The number of thiocarbonyl (C=S) groups is 1. The molecular weight excluding hydrogens is 552 g/mol. The standard InChI is InChI=1S/C31H32N6O4S/c1-20-18-25(21(2)35(20)27-12-11-24(40-3)19-28(27)37(38)39)30-29(26-6-4-5-13-32-26)33-31(42)36(30)23-9-7-22(8-10-23)34-14-16-41-17-15-34/h4-13,18-19,29-30H,14-17H2,1-3H3,(H,33,42)/t29-,30+/m1/s1. The van der Waals surface area contributed by atoms with Crippen molar-refractivity contribution in [2.75, 3.05) is 43.2 Å². The average molecular weight is 585 g/mol. The molecule has 6 rings (SSSR count). The van der Waals surface area contributed by atoms with Gasteiger partial charge in [0, 0.05) is 42.0 Å². The average Bonchev–Trinajstić information content (AvgIpc) is 3.52. The van der Waals surface area contributed by atoms with Gasteiger partial charge in [-0.25, -0.2) is 0 Å². The molecule has 0 bridgehead atoms. The highest BCUT2D eigenvalue weighted by Crippen LogP contribution is 2.44. The zero-order chi connectivity index (χ0) is 29.4. The molecule has 0 aliphatic carbocycles. The van der Waals surface area contributed by atoms with E-state index in [0.29, 0.717) is 16.5 Å². The summed E-state index contributed by atoms with van der Waals surface area (Å²) in [5, 5.41) is 16.2. The number of pyridine rings is 1. The molecule has 4 aromatic rings. The van der Waals surface area contributed by atoms with Crippen molar-refractivity contribution in [3.63, 3.8) is 0 Å². The summed E-state index contributed by atoms with van der Waals surface area (Å²) in [4.78, 5) is 20.8. The number of anilines is 2. The molecule has 0 saturated carbocycles. The lowest BCUT2D eigenvalue weighted by atomic mass is 9.96. The highest BCUT2D eigenvalue weighted by Gasteiger charge is 2.42. The number of hydrogen-bond donors (Lipinski definition) is 1. The van der Waals surface area contributed by atoms with Gasteiger partial charge in [0.2, 0.25) is 0 Å². The Morgan fingerprint density at radius 1 is 1.05 bits per heavy atom. The number of rotatable bonds is 7. The smallest absolute Gasteiger partial charge is 0.296 e. The Morgan fingerprint density at radius 2 is 1.79 bits per heavy atom. The Balaban J connectivity index is 1.46. The van der Waals surface area contributed by atoms with E-state index in [2.05, 4.69) is 50.4 Å². The van der Waals surface area contributed by atoms with Crippen LogP contribution in [0.15, 0.2) is 72.9 Å². The number of aryl methyl sites for hydroxylation is 1. The zero-order valence-corrected chi connectivity index (χ0v) is 24.5. The van der Waals surface area contributed by atoms with Gasteiger partial charge in [0.1, 0.15) is 11.4 Å². The number of morpholine rings is 1. The van der Waals surface area contributed by atoms with E-state index in [1.54, 1.807) is 18.3 Å². The van der Waals surface area contributed by atoms with Crippen LogP contribution in [-0.4, -0.2) is 53.0 Å². The number of nitrogens with one attached hydrogen (secondary N) is 1. The third-order valence-corrected chi connectivity index (χ3v) is 8.33. The fourth-order valence-electron chi connectivity index (χ4n) is 6.02. The van der Waals surface area contributed by atoms with Gasteiger partial charge >= 0.3 is 0 Å². The predicted molar refractivity (Wildman–Crippen MR) is 166 cm³/mol. The molecule has 2 saturated heterocycles. The van der Waals surface area contributed by atoms with Gasteiger partial charge in [0.15, 0.2) is 5.11 Å². The number of nitro benzene ring substituents is 1. The molecule has 0 spiro atoms. The summed E-state index contributed by atoms with van der Waals surface area (Å²) < 4.78 is 12.7. The highest BCUT2D eigenvalue weighted by molar-refractivity contribution is 7.80. The number of nitro groups is 1. The molecule has 1 N–H and O–H groups in total. The van der Waals surface area contributed by atoms with Gasteiger partial charge in [-0.15, -0.1) is 0 Å². The minimum atomic E-state index is -0.373. The molecule has 0 radical (unpaired) electrons. The van der Waals surface area contributed by atoms with E-state index in [9.17, 15) is 10.1 Å². The van der Waals surface area contributed by atoms with Crippen molar-refractivity contribution < 1.29 is 14.4 Å². The van der Waals surface area contributed by atoms with Gasteiger partial charge in [-0.1, -0.05) is 6.07 Å². The van der Waals surface area contributed by atoms with Crippen molar-refractivity contribution in [2.45, 2.75) is 25.9 Å². The molecule has 216 valence electrons. The van der Waals surface area contributed by atoms with Crippen LogP contribution < -0.4 is 19.9 Å². The molecule has 2 aliphatic heterocycles. The summed E-state index contributed by atoms with van der Waals surface area (Å²) in [6.07, 6.45) is 1.78. The summed E-state index contributed by atoms with van der Waals surface area (Å²) in [5.41, 5.74) is 6.15. The molecular formula is C31H32N6O4S. The normalized spacial score (nSPS) is 18.7. The van der Waals surface area contributed by atoms with Crippen molar-refractivity contribution in [1.29, 1.82) is 0 Å². The molecule has 0 unspecified atom stereocenters. The van der Waals surface area contributed by atoms with E-state index in [1.165, 1.54) is 13.2 Å². The minimum absolute atomic E-state index is 0.0281. The van der Waals surface area contributed by atoms with Gasteiger partial charge in [0.05, 0.1) is 49.1 Å². The van der Waals surface area contributed by atoms with E-state index in [4.69, 9.17) is 21.7 Å². The Bertz CT molecular complexity index is 1620. The lowest BCUT2D eigenvalue weighted by Crippen LogP contribution is -2.36. The van der Waals surface area contributed by atoms with Crippen molar-refractivity contribution in [1.82, 2.24) is 14.9 Å². The topological polar surface area (TPSA) is 97.9 Å².